The van der Waals surface area contributed by atoms with Crippen molar-refractivity contribution in [2.24, 2.45) is 0 Å². The van der Waals surface area contributed by atoms with Gasteiger partial charge in [0.1, 0.15) is 16.5 Å². The molecule has 0 spiro atoms. The minimum Gasteiger partial charge on any atom is -0.497 e. The highest BCUT2D eigenvalue weighted by atomic mass is 35.5. The number of ether oxygens (including phenoxy) is 2. The highest BCUT2D eigenvalue weighted by Crippen LogP contribution is 2.26. The molecule has 0 unspecified atom stereocenters. The minimum atomic E-state index is -0.395. The van der Waals surface area contributed by atoms with E-state index in [4.69, 9.17) is 44.3 Å². The number of aromatic nitrogens is 2. The molecule has 2 aromatic carbocycles. The second-order valence-corrected chi connectivity index (χ2v) is 7.07. The summed E-state index contributed by atoms with van der Waals surface area (Å²) < 4.78 is 12.0. The first-order valence-electron chi connectivity index (χ1n) is 8.11. The molecule has 0 atom stereocenters. The number of amides is 1. The van der Waals surface area contributed by atoms with Crippen molar-refractivity contribution in [2.75, 3.05) is 19.5 Å². The summed E-state index contributed by atoms with van der Waals surface area (Å²) in [6.45, 7) is 0.374. The van der Waals surface area contributed by atoms with Crippen LogP contribution in [0.2, 0.25) is 15.1 Å². The first kappa shape index (κ1) is 20.3. The topological polar surface area (TPSA) is 65.4 Å². The van der Waals surface area contributed by atoms with Crippen molar-refractivity contribution in [1.29, 1.82) is 0 Å². The lowest BCUT2D eigenvalue weighted by atomic mass is 10.2. The largest absolute Gasteiger partial charge is 0.497 e. The third kappa shape index (κ3) is 4.70. The predicted octanol–water partition coefficient (Wildman–Crippen LogP) is 5.16. The molecule has 3 aromatic rings. The zero-order valence-electron chi connectivity index (χ0n) is 15.0. The van der Waals surface area contributed by atoms with Crippen LogP contribution in [0.4, 0.5) is 5.82 Å². The fraction of sp³-hybridized carbons (Fsp3) is 0.158. The lowest BCUT2D eigenvalue weighted by Crippen LogP contribution is -2.13. The van der Waals surface area contributed by atoms with Gasteiger partial charge in [-0.1, -0.05) is 40.9 Å². The van der Waals surface area contributed by atoms with Crippen LogP contribution in [-0.2, 0) is 6.54 Å². The number of benzene rings is 2. The van der Waals surface area contributed by atoms with Crippen LogP contribution in [0.25, 0.3) is 0 Å². The Balaban J connectivity index is 1.79. The Bertz CT molecular complexity index is 999. The third-order valence-corrected chi connectivity index (χ3v) is 4.77. The van der Waals surface area contributed by atoms with Crippen molar-refractivity contribution < 1.29 is 14.3 Å². The van der Waals surface area contributed by atoms with Gasteiger partial charge in [-0.2, -0.15) is 5.10 Å². The van der Waals surface area contributed by atoms with Crippen LogP contribution in [0.15, 0.2) is 42.6 Å². The molecule has 0 aliphatic heterocycles. The number of rotatable bonds is 6. The van der Waals surface area contributed by atoms with Gasteiger partial charge in [0.15, 0.2) is 5.82 Å². The Labute approximate surface area is 176 Å². The summed E-state index contributed by atoms with van der Waals surface area (Å²) in [5.41, 5.74) is 1.17. The number of methoxy groups -OCH3 is 2. The fourth-order valence-electron chi connectivity index (χ4n) is 2.51. The molecule has 1 amide bonds. The molecule has 3 rings (SSSR count). The number of carbonyl (C=O) groups is 1. The molecule has 0 bridgehead atoms. The summed E-state index contributed by atoms with van der Waals surface area (Å²) in [5, 5.41) is 8.38. The second kappa shape index (κ2) is 8.73. The molecule has 146 valence electrons. The van der Waals surface area contributed by atoms with E-state index in [9.17, 15) is 4.79 Å². The SMILES string of the molecule is COc1cc(OC)cc(C(=O)Nc2nn(Cc3ccc(Cl)cc3Cl)cc2Cl)c1. The molecule has 0 fully saturated rings. The summed E-state index contributed by atoms with van der Waals surface area (Å²) >= 11 is 18.3. The number of hydrogen-bond donors (Lipinski definition) is 1. The van der Waals surface area contributed by atoms with E-state index >= 15 is 0 Å². The van der Waals surface area contributed by atoms with Gasteiger partial charge in [-0.3, -0.25) is 9.48 Å². The molecule has 0 saturated carbocycles. The highest BCUT2D eigenvalue weighted by Gasteiger charge is 2.15. The van der Waals surface area contributed by atoms with Gasteiger partial charge in [0, 0.05) is 27.9 Å². The molecule has 0 aliphatic rings. The van der Waals surface area contributed by atoms with Crippen LogP contribution >= 0.6 is 34.8 Å². The second-order valence-electron chi connectivity index (χ2n) is 5.81. The Morgan fingerprint density at radius 1 is 1.04 bits per heavy atom. The smallest absolute Gasteiger partial charge is 0.257 e. The maximum atomic E-state index is 12.6. The molecular formula is C19H16Cl3N3O3. The van der Waals surface area contributed by atoms with Crippen molar-refractivity contribution in [1.82, 2.24) is 9.78 Å². The van der Waals surface area contributed by atoms with Crippen molar-refractivity contribution in [3.05, 3.63) is 68.8 Å². The number of anilines is 1. The summed E-state index contributed by atoms with van der Waals surface area (Å²) in [5.74, 6) is 0.837. The maximum Gasteiger partial charge on any atom is 0.257 e. The first-order valence-corrected chi connectivity index (χ1v) is 9.24. The van der Waals surface area contributed by atoms with E-state index in [0.717, 1.165) is 5.56 Å². The highest BCUT2D eigenvalue weighted by molar-refractivity contribution is 6.35. The third-order valence-electron chi connectivity index (χ3n) is 3.91. The zero-order valence-corrected chi connectivity index (χ0v) is 17.3. The van der Waals surface area contributed by atoms with Gasteiger partial charge < -0.3 is 14.8 Å². The molecule has 1 heterocycles. The molecule has 28 heavy (non-hydrogen) atoms. The van der Waals surface area contributed by atoms with Crippen molar-refractivity contribution >= 4 is 46.5 Å². The standard InChI is InChI=1S/C19H16Cl3N3O3/c1-27-14-5-12(6-15(8-14)28-2)19(26)23-18-17(22)10-25(24-18)9-11-3-4-13(20)7-16(11)21/h3-8,10H,9H2,1-2H3,(H,23,24,26). The van der Waals surface area contributed by atoms with E-state index < -0.39 is 5.91 Å². The predicted molar refractivity (Wildman–Crippen MR) is 110 cm³/mol. The first-order chi connectivity index (χ1) is 13.4. The number of nitrogens with one attached hydrogen (secondary N) is 1. The van der Waals surface area contributed by atoms with E-state index in [1.165, 1.54) is 14.2 Å². The summed E-state index contributed by atoms with van der Waals surface area (Å²) in [4.78, 5) is 12.6. The quantitative estimate of drug-likeness (QED) is 0.575. The number of halogens is 3. The molecule has 0 aliphatic carbocycles. The van der Waals surface area contributed by atoms with Gasteiger partial charge in [-0.25, -0.2) is 0 Å². The van der Waals surface area contributed by atoms with E-state index in [2.05, 4.69) is 10.4 Å². The number of carbonyl (C=O) groups excluding carboxylic acids is 1. The zero-order chi connectivity index (χ0) is 20.3. The Hall–Kier alpha value is -2.41. The molecule has 1 N–H and O–H groups in total. The van der Waals surface area contributed by atoms with Crippen LogP contribution in [0.5, 0.6) is 11.5 Å². The molecule has 1 aromatic heterocycles. The summed E-state index contributed by atoms with van der Waals surface area (Å²) in [6, 6.07) is 10.1. The summed E-state index contributed by atoms with van der Waals surface area (Å²) in [7, 11) is 3.02. The van der Waals surface area contributed by atoms with Crippen LogP contribution in [0, 0.1) is 0 Å². The van der Waals surface area contributed by atoms with Crippen molar-refractivity contribution in [3.63, 3.8) is 0 Å². The van der Waals surface area contributed by atoms with Gasteiger partial charge in [0.25, 0.3) is 5.91 Å². The minimum absolute atomic E-state index is 0.235. The van der Waals surface area contributed by atoms with E-state index in [1.54, 1.807) is 47.3 Å². The monoisotopic (exact) mass is 439 g/mol. The molecule has 6 nitrogen and oxygen atoms in total. The Kier molecular flexibility index (Phi) is 6.34. The average Bonchev–Trinajstić information content (AvgIpc) is 3.02. The van der Waals surface area contributed by atoms with Crippen LogP contribution < -0.4 is 14.8 Å². The normalized spacial score (nSPS) is 10.6. The molecule has 9 heteroatoms. The Morgan fingerprint density at radius 3 is 2.32 bits per heavy atom. The molecular weight excluding hydrogens is 425 g/mol. The molecule has 0 saturated heterocycles. The van der Waals surface area contributed by atoms with E-state index in [-0.39, 0.29) is 5.82 Å². The summed E-state index contributed by atoms with van der Waals surface area (Å²) in [6.07, 6.45) is 1.61. The van der Waals surface area contributed by atoms with E-state index in [0.29, 0.717) is 38.7 Å². The Morgan fingerprint density at radius 2 is 1.71 bits per heavy atom. The van der Waals surface area contributed by atoms with Crippen LogP contribution in [0.1, 0.15) is 15.9 Å². The van der Waals surface area contributed by atoms with Gasteiger partial charge >= 0.3 is 0 Å². The van der Waals surface area contributed by atoms with Crippen LogP contribution in [-0.4, -0.2) is 29.9 Å². The lowest BCUT2D eigenvalue weighted by Gasteiger charge is -2.08. The van der Waals surface area contributed by atoms with Crippen molar-refractivity contribution in [3.8, 4) is 11.5 Å². The number of nitrogens with zero attached hydrogens (tertiary/aromatic N) is 2. The van der Waals surface area contributed by atoms with Crippen LogP contribution in [0.3, 0.4) is 0 Å². The van der Waals surface area contributed by atoms with Gasteiger partial charge in [-0.15, -0.1) is 0 Å². The average molecular weight is 441 g/mol. The van der Waals surface area contributed by atoms with Gasteiger partial charge in [-0.05, 0) is 29.8 Å². The molecule has 0 radical (unpaired) electrons. The maximum absolute atomic E-state index is 12.6. The van der Waals surface area contributed by atoms with E-state index in [1.807, 2.05) is 0 Å². The van der Waals surface area contributed by atoms with Gasteiger partial charge in [0.2, 0.25) is 0 Å². The van der Waals surface area contributed by atoms with Crippen molar-refractivity contribution in [2.45, 2.75) is 6.54 Å². The lowest BCUT2D eigenvalue weighted by molar-refractivity contribution is 0.102. The van der Waals surface area contributed by atoms with Gasteiger partial charge in [0.05, 0.1) is 20.8 Å². The fourth-order valence-corrected chi connectivity index (χ4v) is 3.17. The number of hydrogen-bond acceptors (Lipinski definition) is 4.